The molecule has 0 bridgehead atoms. The first-order chi connectivity index (χ1) is 15.3. The number of nitrogens with one attached hydrogen (secondary N) is 1. The molecule has 1 amide bonds. The number of rotatable bonds is 4. The second kappa shape index (κ2) is 9.94. The molecule has 32 heavy (non-hydrogen) atoms. The van der Waals surface area contributed by atoms with Gasteiger partial charge in [-0.1, -0.05) is 0 Å². The minimum absolute atomic E-state index is 0.0557. The lowest BCUT2D eigenvalue weighted by molar-refractivity contribution is 0.0470. The van der Waals surface area contributed by atoms with Gasteiger partial charge in [0.15, 0.2) is 0 Å². The molecule has 0 radical (unpaired) electrons. The summed E-state index contributed by atoms with van der Waals surface area (Å²) in [5.74, 6) is 1.52. The Balaban J connectivity index is 1.44. The summed E-state index contributed by atoms with van der Waals surface area (Å²) < 4.78 is 18.3. The number of ether oxygens (including phenoxy) is 3. The summed E-state index contributed by atoms with van der Waals surface area (Å²) in [6, 6.07) is 4.21. The van der Waals surface area contributed by atoms with Crippen molar-refractivity contribution < 1.29 is 19.0 Å². The van der Waals surface area contributed by atoms with Gasteiger partial charge in [-0.2, -0.15) is 4.98 Å². The fourth-order valence-corrected chi connectivity index (χ4v) is 4.51. The zero-order valence-electron chi connectivity index (χ0n) is 18.9. The number of carbonyl (C=O) groups is 1. The van der Waals surface area contributed by atoms with Crippen molar-refractivity contribution in [2.45, 2.75) is 64.2 Å². The normalized spacial score (nSPS) is 21.9. The Morgan fingerprint density at radius 1 is 1.19 bits per heavy atom. The second-order valence-corrected chi connectivity index (χ2v) is 10.6. The van der Waals surface area contributed by atoms with E-state index in [-0.39, 0.29) is 18.2 Å². The SMILES string of the molecule is CC(C)(C)OC(=O)N[C@H]1CC[C@@H](Oc2nc(N3CCOCC3)cc3ncc(I)cc23)CC1. The van der Waals surface area contributed by atoms with Crippen LogP contribution in [0.1, 0.15) is 46.5 Å². The molecule has 4 rings (SSSR count). The minimum Gasteiger partial charge on any atom is -0.474 e. The van der Waals surface area contributed by atoms with Gasteiger partial charge >= 0.3 is 6.09 Å². The van der Waals surface area contributed by atoms with Crippen LogP contribution in [0.4, 0.5) is 10.6 Å². The first-order valence-electron chi connectivity index (χ1n) is 11.2. The van der Waals surface area contributed by atoms with Gasteiger partial charge < -0.3 is 24.4 Å². The number of fused-ring (bicyclic) bond motifs is 1. The van der Waals surface area contributed by atoms with E-state index < -0.39 is 5.60 Å². The molecule has 1 saturated carbocycles. The first-order valence-corrected chi connectivity index (χ1v) is 12.3. The highest BCUT2D eigenvalue weighted by Gasteiger charge is 2.27. The average Bonchev–Trinajstić information content (AvgIpc) is 2.74. The van der Waals surface area contributed by atoms with Crippen LogP contribution in [0.25, 0.3) is 10.9 Å². The highest BCUT2D eigenvalue weighted by atomic mass is 127. The number of alkyl carbamates (subject to hydrolysis) is 1. The van der Waals surface area contributed by atoms with Crippen LogP contribution in [0.15, 0.2) is 18.3 Å². The van der Waals surface area contributed by atoms with Crippen molar-refractivity contribution in [2.75, 3.05) is 31.2 Å². The van der Waals surface area contributed by atoms with Gasteiger partial charge in [0.1, 0.15) is 17.5 Å². The van der Waals surface area contributed by atoms with Crippen molar-refractivity contribution in [1.29, 1.82) is 0 Å². The van der Waals surface area contributed by atoms with Crippen molar-refractivity contribution in [3.8, 4) is 5.88 Å². The molecule has 1 aliphatic heterocycles. The molecule has 0 unspecified atom stereocenters. The Kier molecular flexibility index (Phi) is 7.24. The minimum atomic E-state index is -0.492. The fraction of sp³-hybridized carbons (Fsp3) is 0.609. The van der Waals surface area contributed by atoms with Crippen LogP contribution in [0.5, 0.6) is 5.88 Å². The van der Waals surface area contributed by atoms with Gasteiger partial charge in [0.2, 0.25) is 5.88 Å². The lowest BCUT2D eigenvalue weighted by Crippen LogP contribution is -2.42. The van der Waals surface area contributed by atoms with E-state index in [1.807, 2.05) is 33.0 Å². The van der Waals surface area contributed by atoms with E-state index in [1.54, 1.807) is 0 Å². The van der Waals surface area contributed by atoms with Crippen molar-refractivity contribution in [3.05, 3.63) is 21.9 Å². The van der Waals surface area contributed by atoms with Gasteiger partial charge in [-0.25, -0.2) is 4.79 Å². The third-order valence-electron chi connectivity index (χ3n) is 5.61. The van der Waals surface area contributed by atoms with E-state index in [2.05, 4.69) is 43.9 Å². The molecule has 8 nitrogen and oxygen atoms in total. The summed E-state index contributed by atoms with van der Waals surface area (Å²) in [6.07, 6.45) is 4.96. The van der Waals surface area contributed by atoms with Crippen molar-refractivity contribution in [1.82, 2.24) is 15.3 Å². The summed E-state index contributed by atoms with van der Waals surface area (Å²) in [6.45, 7) is 8.63. The molecule has 3 heterocycles. The number of amides is 1. The summed E-state index contributed by atoms with van der Waals surface area (Å²) in [5, 5.41) is 3.92. The van der Waals surface area contributed by atoms with E-state index >= 15 is 0 Å². The molecule has 1 aliphatic carbocycles. The number of morpholine rings is 1. The predicted octanol–water partition coefficient (Wildman–Crippen LogP) is 4.29. The number of aromatic nitrogens is 2. The van der Waals surface area contributed by atoms with E-state index in [9.17, 15) is 4.79 Å². The summed E-state index contributed by atoms with van der Waals surface area (Å²) >= 11 is 2.27. The average molecular weight is 554 g/mol. The quantitative estimate of drug-likeness (QED) is 0.565. The Labute approximate surface area is 202 Å². The molecule has 0 spiro atoms. The largest absolute Gasteiger partial charge is 0.474 e. The van der Waals surface area contributed by atoms with Gasteiger partial charge in [-0.3, -0.25) is 4.98 Å². The van der Waals surface area contributed by atoms with Crippen molar-refractivity contribution >= 4 is 45.4 Å². The summed E-state index contributed by atoms with van der Waals surface area (Å²) in [5.41, 5.74) is 0.394. The number of halogens is 1. The predicted molar refractivity (Wildman–Crippen MR) is 131 cm³/mol. The summed E-state index contributed by atoms with van der Waals surface area (Å²) in [4.78, 5) is 23.8. The molecule has 1 saturated heterocycles. The second-order valence-electron chi connectivity index (χ2n) is 9.34. The van der Waals surface area contributed by atoms with E-state index in [4.69, 9.17) is 19.2 Å². The molecule has 2 fully saturated rings. The molecular formula is C23H31IN4O4. The maximum atomic E-state index is 12.1. The molecule has 2 aromatic rings. The van der Waals surface area contributed by atoms with Crippen LogP contribution in [-0.4, -0.2) is 60.1 Å². The zero-order valence-corrected chi connectivity index (χ0v) is 21.1. The van der Waals surface area contributed by atoms with Gasteiger partial charge in [0.25, 0.3) is 0 Å². The maximum absolute atomic E-state index is 12.1. The number of hydrogen-bond donors (Lipinski definition) is 1. The van der Waals surface area contributed by atoms with Gasteiger partial charge in [-0.15, -0.1) is 0 Å². The highest BCUT2D eigenvalue weighted by Crippen LogP contribution is 2.32. The molecule has 9 heteroatoms. The number of carbonyl (C=O) groups excluding carboxylic acids is 1. The fourth-order valence-electron chi connectivity index (χ4n) is 4.06. The molecule has 0 aromatic carbocycles. The molecule has 1 N–H and O–H groups in total. The maximum Gasteiger partial charge on any atom is 0.407 e. The van der Waals surface area contributed by atoms with Gasteiger partial charge in [0.05, 0.1) is 24.1 Å². The molecular weight excluding hydrogens is 523 g/mol. The van der Waals surface area contributed by atoms with Crippen LogP contribution in [-0.2, 0) is 9.47 Å². The smallest absolute Gasteiger partial charge is 0.407 e. The molecule has 174 valence electrons. The first kappa shape index (κ1) is 23.3. The monoisotopic (exact) mass is 554 g/mol. The molecule has 2 aliphatic rings. The third-order valence-corrected chi connectivity index (χ3v) is 6.20. The van der Waals surface area contributed by atoms with Gasteiger partial charge in [-0.05, 0) is 75.1 Å². The summed E-state index contributed by atoms with van der Waals surface area (Å²) in [7, 11) is 0. The number of anilines is 1. The van der Waals surface area contributed by atoms with Crippen LogP contribution in [0.3, 0.4) is 0 Å². The van der Waals surface area contributed by atoms with E-state index in [0.29, 0.717) is 19.1 Å². The van der Waals surface area contributed by atoms with Crippen LogP contribution >= 0.6 is 22.6 Å². The zero-order chi connectivity index (χ0) is 22.7. The van der Waals surface area contributed by atoms with E-state index in [0.717, 1.165) is 59.1 Å². The standard InChI is InChI=1S/C23H31IN4O4/c1-23(2,3)32-22(29)26-16-4-6-17(7-5-16)31-21-18-12-15(24)14-25-19(18)13-20(27-21)28-8-10-30-11-9-28/h12-14,16-17H,4-11H2,1-3H3,(H,26,29)/t16-,17+. The van der Waals surface area contributed by atoms with Crippen LogP contribution < -0.4 is 15.0 Å². The van der Waals surface area contributed by atoms with Crippen molar-refractivity contribution in [2.24, 2.45) is 0 Å². The lowest BCUT2D eigenvalue weighted by atomic mass is 9.93. The van der Waals surface area contributed by atoms with Crippen LogP contribution in [0.2, 0.25) is 0 Å². The highest BCUT2D eigenvalue weighted by molar-refractivity contribution is 14.1. The number of hydrogen-bond acceptors (Lipinski definition) is 7. The van der Waals surface area contributed by atoms with Crippen LogP contribution in [0, 0.1) is 3.57 Å². The third kappa shape index (κ3) is 6.12. The molecule has 2 aromatic heterocycles. The Hall–Kier alpha value is -1.88. The lowest BCUT2D eigenvalue weighted by Gasteiger charge is -2.31. The number of pyridine rings is 2. The Bertz CT molecular complexity index is 951. The molecule has 0 atom stereocenters. The van der Waals surface area contributed by atoms with E-state index in [1.165, 1.54) is 0 Å². The topological polar surface area (TPSA) is 85.8 Å². The van der Waals surface area contributed by atoms with Gasteiger partial charge in [0, 0.05) is 35.0 Å². The van der Waals surface area contributed by atoms with Crippen molar-refractivity contribution in [3.63, 3.8) is 0 Å². The Morgan fingerprint density at radius 2 is 1.91 bits per heavy atom. The Morgan fingerprint density at radius 3 is 2.59 bits per heavy atom. The number of nitrogens with zero attached hydrogens (tertiary/aromatic N) is 3.